The first kappa shape index (κ1) is 10.3. The molecule has 0 rings (SSSR count). The SMILES string of the molecule is CC(C)=NCNCN=C(C)C. The Balaban J connectivity index is 3.29. The van der Waals surface area contributed by atoms with Gasteiger partial charge in [-0.15, -0.1) is 0 Å². The van der Waals surface area contributed by atoms with Crippen molar-refractivity contribution in [3.05, 3.63) is 0 Å². The number of nitrogens with one attached hydrogen (secondary N) is 1. The average molecular weight is 155 g/mol. The highest BCUT2D eigenvalue weighted by molar-refractivity contribution is 5.79. The lowest BCUT2D eigenvalue weighted by Crippen LogP contribution is -2.14. The summed E-state index contributed by atoms with van der Waals surface area (Å²) in [4.78, 5) is 8.32. The molecule has 0 heterocycles. The van der Waals surface area contributed by atoms with Gasteiger partial charge in [0, 0.05) is 11.4 Å². The average Bonchev–Trinajstić information content (AvgIpc) is 1.85. The van der Waals surface area contributed by atoms with Crippen LogP contribution >= 0.6 is 0 Å². The first-order valence-electron chi connectivity index (χ1n) is 3.79. The number of hydrogen-bond acceptors (Lipinski definition) is 3. The molecule has 3 heteroatoms. The molecule has 0 fully saturated rings. The molecular weight excluding hydrogens is 138 g/mol. The summed E-state index contributed by atoms with van der Waals surface area (Å²) in [7, 11) is 0. The summed E-state index contributed by atoms with van der Waals surface area (Å²) in [6.45, 7) is 9.26. The largest absolute Gasteiger partial charge is 0.279 e. The van der Waals surface area contributed by atoms with Crippen molar-refractivity contribution < 1.29 is 0 Å². The molecule has 11 heavy (non-hydrogen) atoms. The molecule has 1 N–H and O–H groups in total. The molecule has 0 saturated carbocycles. The predicted molar refractivity (Wildman–Crippen MR) is 50.4 cm³/mol. The summed E-state index contributed by atoms with van der Waals surface area (Å²) >= 11 is 0. The molecular formula is C8H17N3. The minimum absolute atomic E-state index is 0.666. The van der Waals surface area contributed by atoms with Gasteiger partial charge in [0.2, 0.25) is 0 Å². The minimum Gasteiger partial charge on any atom is -0.279 e. The van der Waals surface area contributed by atoms with Gasteiger partial charge in [0.05, 0.1) is 13.3 Å². The Morgan fingerprint density at radius 2 is 1.27 bits per heavy atom. The lowest BCUT2D eigenvalue weighted by atomic mass is 10.5. The Morgan fingerprint density at radius 3 is 1.55 bits per heavy atom. The van der Waals surface area contributed by atoms with E-state index in [0.29, 0.717) is 13.3 Å². The molecule has 0 aromatic rings. The number of rotatable bonds is 4. The lowest BCUT2D eigenvalue weighted by molar-refractivity contribution is 0.726. The summed E-state index contributed by atoms with van der Waals surface area (Å²) in [5.41, 5.74) is 2.18. The van der Waals surface area contributed by atoms with Crippen molar-refractivity contribution in [2.75, 3.05) is 13.3 Å². The predicted octanol–water partition coefficient (Wildman–Crippen LogP) is 1.45. The summed E-state index contributed by atoms with van der Waals surface area (Å²) in [5.74, 6) is 0. The number of aliphatic imine (C=N–C) groups is 2. The van der Waals surface area contributed by atoms with Crippen molar-refractivity contribution in [3.63, 3.8) is 0 Å². The van der Waals surface area contributed by atoms with E-state index < -0.39 is 0 Å². The Bertz CT molecular complexity index is 133. The first-order chi connectivity index (χ1) is 5.13. The Labute approximate surface area is 68.6 Å². The van der Waals surface area contributed by atoms with Crippen molar-refractivity contribution >= 4 is 11.4 Å². The minimum atomic E-state index is 0.666. The van der Waals surface area contributed by atoms with Crippen LogP contribution in [0, 0.1) is 0 Å². The summed E-state index contributed by atoms with van der Waals surface area (Å²) in [6, 6.07) is 0. The van der Waals surface area contributed by atoms with Gasteiger partial charge in [-0.1, -0.05) is 0 Å². The molecule has 0 spiro atoms. The monoisotopic (exact) mass is 155 g/mol. The van der Waals surface area contributed by atoms with Crippen LogP contribution in [0.25, 0.3) is 0 Å². The Hall–Kier alpha value is -0.700. The second kappa shape index (κ2) is 6.04. The van der Waals surface area contributed by atoms with Crippen molar-refractivity contribution in [2.24, 2.45) is 9.98 Å². The van der Waals surface area contributed by atoms with Crippen LogP contribution in [-0.4, -0.2) is 24.8 Å². The highest BCUT2D eigenvalue weighted by Gasteiger charge is 1.80. The van der Waals surface area contributed by atoms with Crippen LogP contribution in [0.1, 0.15) is 27.7 Å². The van der Waals surface area contributed by atoms with Gasteiger partial charge >= 0.3 is 0 Å². The van der Waals surface area contributed by atoms with E-state index in [-0.39, 0.29) is 0 Å². The molecule has 3 nitrogen and oxygen atoms in total. The van der Waals surface area contributed by atoms with E-state index in [1.165, 1.54) is 0 Å². The Morgan fingerprint density at radius 1 is 0.909 bits per heavy atom. The fourth-order valence-electron chi connectivity index (χ4n) is 0.478. The lowest BCUT2D eigenvalue weighted by Gasteiger charge is -1.96. The summed E-state index contributed by atoms with van der Waals surface area (Å²) in [6.07, 6.45) is 0. The highest BCUT2D eigenvalue weighted by Crippen LogP contribution is 1.74. The molecule has 0 aliphatic carbocycles. The van der Waals surface area contributed by atoms with E-state index in [0.717, 1.165) is 11.4 Å². The van der Waals surface area contributed by atoms with Crippen molar-refractivity contribution in [1.29, 1.82) is 0 Å². The third kappa shape index (κ3) is 9.30. The molecule has 0 aromatic heterocycles. The molecule has 0 aromatic carbocycles. The zero-order chi connectivity index (χ0) is 8.69. The Kier molecular flexibility index (Phi) is 5.65. The van der Waals surface area contributed by atoms with Gasteiger partial charge in [-0.25, -0.2) is 0 Å². The summed E-state index contributed by atoms with van der Waals surface area (Å²) in [5, 5.41) is 3.07. The standard InChI is InChI=1S/C8H17N3/c1-7(2)10-5-9-6-11-8(3)4/h9H,5-6H2,1-4H3. The van der Waals surface area contributed by atoms with Gasteiger partial charge in [-0.2, -0.15) is 0 Å². The second-order valence-electron chi connectivity index (χ2n) is 2.78. The third-order valence-electron chi connectivity index (χ3n) is 1.01. The van der Waals surface area contributed by atoms with Crippen LogP contribution in [0.15, 0.2) is 9.98 Å². The second-order valence-corrected chi connectivity index (χ2v) is 2.78. The number of nitrogens with zero attached hydrogens (tertiary/aromatic N) is 2. The zero-order valence-electron chi connectivity index (χ0n) is 7.81. The van der Waals surface area contributed by atoms with Crippen LogP contribution in [0.3, 0.4) is 0 Å². The van der Waals surface area contributed by atoms with Crippen LogP contribution in [0.2, 0.25) is 0 Å². The van der Waals surface area contributed by atoms with Gasteiger partial charge < -0.3 is 0 Å². The van der Waals surface area contributed by atoms with Crippen molar-refractivity contribution in [3.8, 4) is 0 Å². The maximum Gasteiger partial charge on any atom is 0.0897 e. The quantitative estimate of drug-likeness (QED) is 0.484. The van der Waals surface area contributed by atoms with E-state index in [1.54, 1.807) is 0 Å². The number of hydrogen-bond donors (Lipinski definition) is 1. The van der Waals surface area contributed by atoms with Crippen LogP contribution < -0.4 is 5.32 Å². The smallest absolute Gasteiger partial charge is 0.0897 e. The molecule has 0 aliphatic heterocycles. The molecule has 0 unspecified atom stereocenters. The van der Waals surface area contributed by atoms with Gasteiger partial charge in [-0.3, -0.25) is 15.3 Å². The van der Waals surface area contributed by atoms with Crippen molar-refractivity contribution in [2.45, 2.75) is 27.7 Å². The van der Waals surface area contributed by atoms with E-state index in [2.05, 4.69) is 15.3 Å². The van der Waals surface area contributed by atoms with Crippen LogP contribution in [-0.2, 0) is 0 Å². The molecule has 64 valence electrons. The molecule has 0 saturated heterocycles. The molecule has 0 aliphatic rings. The summed E-state index contributed by atoms with van der Waals surface area (Å²) < 4.78 is 0. The van der Waals surface area contributed by atoms with Gasteiger partial charge in [0.15, 0.2) is 0 Å². The van der Waals surface area contributed by atoms with E-state index in [1.807, 2.05) is 27.7 Å². The van der Waals surface area contributed by atoms with E-state index in [9.17, 15) is 0 Å². The molecule has 0 atom stereocenters. The third-order valence-corrected chi connectivity index (χ3v) is 1.01. The van der Waals surface area contributed by atoms with Gasteiger partial charge in [0.1, 0.15) is 0 Å². The normalized spacial score (nSPS) is 9.09. The maximum absolute atomic E-state index is 4.16. The first-order valence-corrected chi connectivity index (χ1v) is 3.79. The van der Waals surface area contributed by atoms with Crippen LogP contribution in [0.4, 0.5) is 0 Å². The van der Waals surface area contributed by atoms with Gasteiger partial charge in [0.25, 0.3) is 0 Å². The molecule has 0 bridgehead atoms. The molecule has 0 radical (unpaired) electrons. The van der Waals surface area contributed by atoms with Crippen molar-refractivity contribution in [1.82, 2.24) is 5.32 Å². The highest BCUT2D eigenvalue weighted by atomic mass is 15.1. The fourth-order valence-corrected chi connectivity index (χ4v) is 0.478. The fraction of sp³-hybridized carbons (Fsp3) is 0.750. The topological polar surface area (TPSA) is 36.8 Å². The van der Waals surface area contributed by atoms with E-state index >= 15 is 0 Å². The van der Waals surface area contributed by atoms with E-state index in [4.69, 9.17) is 0 Å². The maximum atomic E-state index is 4.16. The van der Waals surface area contributed by atoms with Crippen LogP contribution in [0.5, 0.6) is 0 Å². The molecule has 0 amide bonds. The zero-order valence-corrected chi connectivity index (χ0v) is 7.81. The van der Waals surface area contributed by atoms with Gasteiger partial charge in [-0.05, 0) is 27.7 Å².